The van der Waals surface area contributed by atoms with Gasteiger partial charge in [0.1, 0.15) is 10.6 Å². The summed E-state index contributed by atoms with van der Waals surface area (Å²) in [4.78, 5) is 17.3. The third-order valence-electron chi connectivity index (χ3n) is 4.02. The van der Waals surface area contributed by atoms with E-state index < -0.39 is 5.97 Å². The van der Waals surface area contributed by atoms with Gasteiger partial charge < -0.3 is 4.74 Å². The summed E-state index contributed by atoms with van der Waals surface area (Å²) in [7, 11) is 0. The molecule has 0 saturated heterocycles. The number of thiophene rings is 1. The van der Waals surface area contributed by atoms with Crippen LogP contribution < -0.4 is 4.74 Å². The van der Waals surface area contributed by atoms with Crippen molar-refractivity contribution < 1.29 is 9.53 Å². The van der Waals surface area contributed by atoms with Crippen LogP contribution in [-0.2, 0) is 0 Å². The molecule has 4 aromatic rings. The second kappa shape index (κ2) is 8.15. The van der Waals surface area contributed by atoms with E-state index in [0.717, 1.165) is 15.6 Å². The molecule has 0 saturated carbocycles. The summed E-state index contributed by atoms with van der Waals surface area (Å²) in [5, 5.41) is 1.87. The van der Waals surface area contributed by atoms with E-state index in [9.17, 15) is 4.79 Å². The van der Waals surface area contributed by atoms with Crippen LogP contribution in [-0.4, -0.2) is 12.2 Å². The lowest BCUT2D eigenvalue weighted by molar-refractivity contribution is 0.0740. The van der Waals surface area contributed by atoms with E-state index in [2.05, 4.69) is 4.99 Å². The average molecular weight is 426 g/mol. The molecule has 0 amide bonds. The van der Waals surface area contributed by atoms with E-state index in [4.69, 9.17) is 27.9 Å². The van der Waals surface area contributed by atoms with Gasteiger partial charge >= 0.3 is 5.97 Å². The van der Waals surface area contributed by atoms with E-state index in [-0.39, 0.29) is 0 Å². The lowest BCUT2D eigenvalue weighted by Crippen LogP contribution is -2.06. The van der Waals surface area contributed by atoms with Gasteiger partial charge in [-0.2, -0.15) is 0 Å². The van der Waals surface area contributed by atoms with Crippen molar-refractivity contribution in [2.24, 2.45) is 4.99 Å². The highest BCUT2D eigenvalue weighted by Gasteiger charge is 2.18. The van der Waals surface area contributed by atoms with E-state index in [1.807, 2.05) is 54.6 Å². The van der Waals surface area contributed by atoms with Crippen molar-refractivity contribution >= 4 is 62.5 Å². The fourth-order valence-corrected chi connectivity index (χ4v) is 4.19. The number of rotatable bonds is 4. The molecule has 28 heavy (non-hydrogen) atoms. The number of para-hydroxylation sites is 1. The van der Waals surface area contributed by atoms with E-state index in [1.54, 1.807) is 24.4 Å². The lowest BCUT2D eigenvalue weighted by atomic mass is 10.2. The number of halogens is 2. The normalized spacial score (nSPS) is 11.2. The Bertz CT molecular complexity index is 1180. The third-order valence-corrected chi connectivity index (χ3v) is 5.99. The largest absolute Gasteiger partial charge is 0.422 e. The zero-order valence-corrected chi connectivity index (χ0v) is 16.8. The van der Waals surface area contributed by atoms with Crippen molar-refractivity contribution in [2.75, 3.05) is 0 Å². The summed E-state index contributed by atoms with van der Waals surface area (Å²) in [6, 6.07) is 22.0. The molecule has 3 aromatic carbocycles. The van der Waals surface area contributed by atoms with Crippen LogP contribution in [0.1, 0.15) is 15.2 Å². The fourth-order valence-electron chi connectivity index (χ4n) is 2.62. The van der Waals surface area contributed by atoms with Crippen LogP contribution in [0.3, 0.4) is 0 Å². The molecular formula is C22H13Cl2NO2S. The summed E-state index contributed by atoms with van der Waals surface area (Å²) in [5.41, 5.74) is 1.55. The van der Waals surface area contributed by atoms with Crippen LogP contribution in [0, 0.1) is 0 Å². The molecule has 0 aliphatic heterocycles. The molecule has 138 valence electrons. The summed E-state index contributed by atoms with van der Waals surface area (Å²) in [6.07, 6.45) is 1.70. The van der Waals surface area contributed by atoms with Crippen LogP contribution in [0.5, 0.6) is 5.75 Å². The predicted octanol–water partition coefficient (Wildman–Crippen LogP) is 7.18. The van der Waals surface area contributed by atoms with Gasteiger partial charge in [0.15, 0.2) is 0 Å². The molecule has 0 spiro atoms. The lowest BCUT2D eigenvalue weighted by Gasteiger charge is -2.03. The van der Waals surface area contributed by atoms with E-state index >= 15 is 0 Å². The number of hydrogen-bond donors (Lipinski definition) is 0. The van der Waals surface area contributed by atoms with Crippen LogP contribution >= 0.6 is 34.5 Å². The molecule has 3 nitrogen and oxygen atoms in total. The number of esters is 1. The molecule has 0 N–H and O–H groups in total. The van der Waals surface area contributed by atoms with Crippen molar-refractivity contribution in [3.8, 4) is 5.75 Å². The SMILES string of the molecule is O=C(Oc1ccc(C=Nc2ccccc2Cl)cc1)c1sc2ccccc2c1Cl. The summed E-state index contributed by atoms with van der Waals surface area (Å²) in [6.45, 7) is 0. The van der Waals surface area contributed by atoms with Crippen molar-refractivity contribution in [3.05, 3.63) is 93.3 Å². The van der Waals surface area contributed by atoms with Crippen molar-refractivity contribution in [2.45, 2.75) is 0 Å². The van der Waals surface area contributed by atoms with Crippen molar-refractivity contribution in [1.29, 1.82) is 0 Å². The Hall–Kier alpha value is -2.66. The van der Waals surface area contributed by atoms with Crippen molar-refractivity contribution in [1.82, 2.24) is 0 Å². The highest BCUT2D eigenvalue weighted by molar-refractivity contribution is 7.21. The first kappa shape index (κ1) is 18.7. The highest BCUT2D eigenvalue weighted by atomic mass is 35.5. The molecule has 6 heteroatoms. The first-order valence-corrected chi connectivity index (χ1v) is 9.97. The number of benzene rings is 3. The molecular weight excluding hydrogens is 413 g/mol. The number of fused-ring (bicyclic) bond motifs is 1. The number of ether oxygens (including phenoxy) is 1. The zero-order chi connectivity index (χ0) is 19.5. The van der Waals surface area contributed by atoms with Gasteiger partial charge in [0.05, 0.1) is 15.7 Å². The molecule has 4 rings (SSSR count). The first-order valence-electron chi connectivity index (χ1n) is 8.40. The summed E-state index contributed by atoms with van der Waals surface area (Å²) < 4.78 is 6.42. The van der Waals surface area contributed by atoms with Gasteiger partial charge in [0, 0.05) is 16.3 Å². The molecule has 0 atom stereocenters. The minimum Gasteiger partial charge on any atom is -0.422 e. The Morgan fingerprint density at radius 1 is 0.929 bits per heavy atom. The third kappa shape index (κ3) is 3.94. The second-order valence-corrected chi connectivity index (χ2v) is 7.75. The molecule has 0 radical (unpaired) electrons. The second-order valence-electron chi connectivity index (χ2n) is 5.91. The number of nitrogens with zero attached hydrogens (tertiary/aromatic N) is 1. The molecule has 0 aliphatic carbocycles. The Kier molecular flexibility index (Phi) is 5.44. The van der Waals surface area contributed by atoms with E-state index in [1.165, 1.54) is 11.3 Å². The molecule has 1 aromatic heterocycles. The Morgan fingerprint density at radius 3 is 2.39 bits per heavy atom. The van der Waals surface area contributed by atoms with Gasteiger partial charge in [-0.05, 0) is 48.0 Å². The standard InChI is InChI=1S/C22H13Cl2NO2S/c23-17-6-2-3-7-18(17)25-13-14-9-11-15(12-10-14)27-22(26)21-20(24)16-5-1-4-8-19(16)28-21/h1-13H. The zero-order valence-electron chi connectivity index (χ0n) is 14.4. The molecule has 0 fully saturated rings. The number of aliphatic imine (C=N–C) groups is 1. The van der Waals surface area contributed by atoms with Crippen LogP contribution in [0.25, 0.3) is 10.1 Å². The number of carbonyl (C=O) groups excluding carboxylic acids is 1. The first-order chi connectivity index (χ1) is 13.6. The van der Waals surface area contributed by atoms with Crippen LogP contribution in [0.2, 0.25) is 10.0 Å². The fraction of sp³-hybridized carbons (Fsp3) is 0. The van der Waals surface area contributed by atoms with Crippen LogP contribution in [0.15, 0.2) is 77.8 Å². The van der Waals surface area contributed by atoms with Gasteiger partial charge in [-0.3, -0.25) is 4.99 Å². The van der Waals surface area contributed by atoms with Crippen molar-refractivity contribution in [3.63, 3.8) is 0 Å². The summed E-state index contributed by atoms with van der Waals surface area (Å²) in [5.74, 6) is -0.0305. The van der Waals surface area contributed by atoms with E-state index in [0.29, 0.717) is 26.4 Å². The van der Waals surface area contributed by atoms with Gasteiger partial charge in [-0.15, -0.1) is 11.3 Å². The molecule has 0 bridgehead atoms. The van der Waals surface area contributed by atoms with Gasteiger partial charge in [-0.25, -0.2) is 4.79 Å². The quantitative estimate of drug-likeness (QED) is 0.197. The Balaban J connectivity index is 1.49. The minimum absolute atomic E-state index is 0.396. The minimum atomic E-state index is -0.469. The maximum Gasteiger partial charge on any atom is 0.355 e. The average Bonchev–Trinajstić information content (AvgIpc) is 3.05. The number of carbonyl (C=O) groups is 1. The summed E-state index contributed by atoms with van der Waals surface area (Å²) >= 11 is 13.8. The smallest absolute Gasteiger partial charge is 0.355 e. The van der Waals surface area contributed by atoms with Gasteiger partial charge in [0.2, 0.25) is 0 Å². The molecule has 0 aliphatic rings. The predicted molar refractivity (Wildman–Crippen MR) is 117 cm³/mol. The van der Waals surface area contributed by atoms with Gasteiger partial charge in [-0.1, -0.05) is 53.5 Å². The van der Waals surface area contributed by atoms with Gasteiger partial charge in [0.25, 0.3) is 0 Å². The molecule has 1 heterocycles. The maximum absolute atomic E-state index is 12.5. The maximum atomic E-state index is 12.5. The topological polar surface area (TPSA) is 38.7 Å². The molecule has 0 unspecified atom stereocenters. The number of hydrogen-bond acceptors (Lipinski definition) is 4. The monoisotopic (exact) mass is 425 g/mol. The Labute approximate surface area is 175 Å². The highest BCUT2D eigenvalue weighted by Crippen LogP contribution is 2.35. The van der Waals surface area contributed by atoms with Crippen LogP contribution in [0.4, 0.5) is 5.69 Å². The Morgan fingerprint density at radius 2 is 1.64 bits per heavy atom.